The first-order valence-electron chi connectivity index (χ1n) is 6.15. The lowest BCUT2D eigenvalue weighted by Gasteiger charge is -2.32. The second kappa shape index (κ2) is 5.13. The Morgan fingerprint density at radius 1 is 1.07 bits per heavy atom. The summed E-state index contributed by atoms with van der Waals surface area (Å²) in [5.41, 5.74) is 0. The van der Waals surface area contributed by atoms with Crippen LogP contribution in [0, 0.1) is 11.8 Å². The molecule has 2 atom stereocenters. The van der Waals surface area contributed by atoms with Crippen LogP contribution in [0.2, 0.25) is 0 Å². The van der Waals surface area contributed by atoms with Crippen LogP contribution in [0.15, 0.2) is 0 Å². The molecule has 2 aliphatic rings. The van der Waals surface area contributed by atoms with Crippen molar-refractivity contribution in [2.45, 2.75) is 44.6 Å². The SMILES string of the molecule is COC(C1CCCCC1)C1CCNC1. The summed E-state index contributed by atoms with van der Waals surface area (Å²) in [5, 5.41) is 3.45. The van der Waals surface area contributed by atoms with Crippen LogP contribution in [0.5, 0.6) is 0 Å². The molecule has 0 aromatic rings. The summed E-state index contributed by atoms with van der Waals surface area (Å²) < 4.78 is 5.73. The van der Waals surface area contributed by atoms with Gasteiger partial charge in [-0.15, -0.1) is 0 Å². The number of nitrogens with one attached hydrogen (secondary N) is 1. The van der Waals surface area contributed by atoms with Gasteiger partial charge in [-0.1, -0.05) is 19.3 Å². The molecule has 2 fully saturated rings. The van der Waals surface area contributed by atoms with Crippen LogP contribution in [0.4, 0.5) is 0 Å². The molecule has 0 radical (unpaired) electrons. The summed E-state index contributed by atoms with van der Waals surface area (Å²) in [6.45, 7) is 2.37. The minimum atomic E-state index is 0.533. The van der Waals surface area contributed by atoms with E-state index in [2.05, 4.69) is 5.32 Å². The minimum Gasteiger partial charge on any atom is -0.381 e. The average molecular weight is 197 g/mol. The lowest BCUT2D eigenvalue weighted by Crippen LogP contribution is -2.33. The molecule has 1 heterocycles. The molecular formula is C12H23NO. The summed E-state index contributed by atoms with van der Waals surface area (Å²) in [7, 11) is 1.90. The predicted octanol–water partition coefficient (Wildman–Crippen LogP) is 2.19. The molecule has 1 saturated heterocycles. The molecule has 82 valence electrons. The highest BCUT2D eigenvalue weighted by Gasteiger charge is 2.31. The molecule has 0 aromatic heterocycles. The van der Waals surface area contributed by atoms with Crippen molar-refractivity contribution in [2.75, 3.05) is 20.2 Å². The Morgan fingerprint density at radius 2 is 1.86 bits per heavy atom. The second-order valence-electron chi connectivity index (χ2n) is 4.85. The normalized spacial score (nSPS) is 31.9. The van der Waals surface area contributed by atoms with Gasteiger partial charge in [0.2, 0.25) is 0 Å². The van der Waals surface area contributed by atoms with Crippen molar-refractivity contribution in [3.63, 3.8) is 0 Å². The van der Waals surface area contributed by atoms with Gasteiger partial charge in [-0.25, -0.2) is 0 Å². The van der Waals surface area contributed by atoms with E-state index in [0.29, 0.717) is 6.10 Å². The zero-order valence-corrected chi connectivity index (χ0v) is 9.30. The van der Waals surface area contributed by atoms with Gasteiger partial charge in [0.15, 0.2) is 0 Å². The smallest absolute Gasteiger partial charge is 0.0640 e. The van der Waals surface area contributed by atoms with Crippen molar-refractivity contribution < 1.29 is 4.74 Å². The van der Waals surface area contributed by atoms with Crippen molar-refractivity contribution in [3.05, 3.63) is 0 Å². The zero-order chi connectivity index (χ0) is 9.80. The van der Waals surface area contributed by atoms with E-state index in [1.54, 1.807) is 0 Å². The maximum absolute atomic E-state index is 5.73. The Hall–Kier alpha value is -0.0800. The van der Waals surface area contributed by atoms with Crippen molar-refractivity contribution in [3.8, 4) is 0 Å². The molecule has 1 aliphatic heterocycles. The molecule has 0 bridgehead atoms. The Kier molecular flexibility index (Phi) is 3.82. The van der Waals surface area contributed by atoms with Gasteiger partial charge in [0, 0.05) is 13.7 Å². The molecule has 0 amide bonds. The third-order valence-corrected chi connectivity index (χ3v) is 3.95. The van der Waals surface area contributed by atoms with Gasteiger partial charge in [0.1, 0.15) is 0 Å². The summed E-state index contributed by atoms with van der Waals surface area (Å²) in [6.07, 6.45) is 8.93. The first-order valence-corrected chi connectivity index (χ1v) is 6.15. The maximum Gasteiger partial charge on any atom is 0.0640 e. The Labute approximate surface area is 87.4 Å². The fourth-order valence-corrected chi connectivity index (χ4v) is 3.19. The number of ether oxygens (including phenoxy) is 1. The summed E-state index contributed by atoms with van der Waals surface area (Å²) in [6, 6.07) is 0. The highest BCUT2D eigenvalue weighted by atomic mass is 16.5. The van der Waals surface area contributed by atoms with Gasteiger partial charge >= 0.3 is 0 Å². The molecule has 2 heteroatoms. The quantitative estimate of drug-likeness (QED) is 0.749. The van der Waals surface area contributed by atoms with Crippen LogP contribution >= 0.6 is 0 Å². The lowest BCUT2D eigenvalue weighted by molar-refractivity contribution is -0.000951. The summed E-state index contributed by atoms with van der Waals surface area (Å²) >= 11 is 0. The van der Waals surface area contributed by atoms with Crippen molar-refractivity contribution >= 4 is 0 Å². The third kappa shape index (κ3) is 2.29. The number of hydrogen-bond acceptors (Lipinski definition) is 2. The number of methoxy groups -OCH3 is 1. The Bertz CT molecular complexity index is 160. The van der Waals surface area contributed by atoms with Gasteiger partial charge in [0.25, 0.3) is 0 Å². The first kappa shape index (κ1) is 10.4. The van der Waals surface area contributed by atoms with Crippen LogP contribution in [0.3, 0.4) is 0 Å². The van der Waals surface area contributed by atoms with E-state index in [9.17, 15) is 0 Å². The average Bonchev–Trinajstić information content (AvgIpc) is 2.74. The van der Waals surface area contributed by atoms with Gasteiger partial charge in [-0.05, 0) is 37.6 Å². The third-order valence-electron chi connectivity index (χ3n) is 3.95. The summed E-state index contributed by atoms with van der Waals surface area (Å²) in [4.78, 5) is 0. The van der Waals surface area contributed by atoms with Crippen LogP contribution in [0.1, 0.15) is 38.5 Å². The van der Waals surface area contributed by atoms with Gasteiger partial charge in [-0.2, -0.15) is 0 Å². The van der Waals surface area contributed by atoms with Gasteiger partial charge < -0.3 is 10.1 Å². The van der Waals surface area contributed by atoms with E-state index in [1.807, 2.05) is 7.11 Å². The van der Waals surface area contributed by atoms with Crippen LogP contribution in [-0.4, -0.2) is 26.3 Å². The summed E-state index contributed by atoms with van der Waals surface area (Å²) in [5.74, 6) is 1.63. The zero-order valence-electron chi connectivity index (χ0n) is 9.30. The molecule has 2 nitrogen and oxygen atoms in total. The lowest BCUT2D eigenvalue weighted by atomic mass is 9.80. The molecule has 1 aliphatic carbocycles. The highest BCUT2D eigenvalue weighted by Crippen LogP contribution is 2.32. The number of hydrogen-bond donors (Lipinski definition) is 1. The van der Waals surface area contributed by atoms with E-state index < -0.39 is 0 Å². The largest absolute Gasteiger partial charge is 0.381 e. The van der Waals surface area contributed by atoms with Gasteiger partial charge in [-0.3, -0.25) is 0 Å². The van der Waals surface area contributed by atoms with Crippen molar-refractivity contribution in [1.29, 1.82) is 0 Å². The van der Waals surface area contributed by atoms with Crippen LogP contribution in [-0.2, 0) is 4.74 Å². The van der Waals surface area contributed by atoms with E-state index >= 15 is 0 Å². The van der Waals surface area contributed by atoms with E-state index in [-0.39, 0.29) is 0 Å². The Morgan fingerprint density at radius 3 is 2.43 bits per heavy atom. The van der Waals surface area contributed by atoms with E-state index in [1.165, 1.54) is 51.6 Å². The molecular weight excluding hydrogens is 174 g/mol. The maximum atomic E-state index is 5.73. The fraction of sp³-hybridized carbons (Fsp3) is 1.00. The van der Waals surface area contributed by atoms with E-state index in [0.717, 1.165) is 11.8 Å². The predicted molar refractivity (Wildman–Crippen MR) is 58.3 cm³/mol. The molecule has 0 spiro atoms. The molecule has 14 heavy (non-hydrogen) atoms. The van der Waals surface area contributed by atoms with Crippen molar-refractivity contribution in [1.82, 2.24) is 5.32 Å². The van der Waals surface area contributed by atoms with Crippen molar-refractivity contribution in [2.24, 2.45) is 11.8 Å². The molecule has 0 aromatic carbocycles. The fourth-order valence-electron chi connectivity index (χ4n) is 3.19. The Balaban J connectivity index is 1.89. The van der Waals surface area contributed by atoms with Crippen LogP contribution < -0.4 is 5.32 Å². The second-order valence-corrected chi connectivity index (χ2v) is 4.85. The number of rotatable bonds is 3. The topological polar surface area (TPSA) is 21.3 Å². The van der Waals surface area contributed by atoms with Crippen LogP contribution in [0.25, 0.3) is 0 Å². The molecule has 1 saturated carbocycles. The molecule has 2 rings (SSSR count). The molecule has 2 unspecified atom stereocenters. The van der Waals surface area contributed by atoms with E-state index in [4.69, 9.17) is 4.74 Å². The monoisotopic (exact) mass is 197 g/mol. The molecule has 1 N–H and O–H groups in total. The van der Waals surface area contributed by atoms with Gasteiger partial charge in [0.05, 0.1) is 6.10 Å². The highest BCUT2D eigenvalue weighted by molar-refractivity contribution is 4.84. The minimum absolute atomic E-state index is 0.533. The first-order chi connectivity index (χ1) is 6.92. The standard InChI is InChI=1S/C12H23NO/c1-14-12(11-7-8-13-9-11)10-5-3-2-4-6-10/h10-13H,2-9H2,1H3.